The lowest BCUT2D eigenvalue weighted by atomic mass is 9.79. The molecule has 2 aromatic heterocycles. The molecule has 10 aromatic rings. The van der Waals surface area contributed by atoms with Crippen molar-refractivity contribution in [2.75, 3.05) is 16.5 Å². The monoisotopic (exact) mass is 926 g/mol. The van der Waals surface area contributed by atoms with Crippen LogP contribution in [0.2, 0.25) is 0 Å². The summed E-state index contributed by atoms with van der Waals surface area (Å²) in [5, 5.41) is 2.30. The maximum atomic E-state index is 6.87. The van der Waals surface area contributed by atoms with Crippen molar-refractivity contribution >= 4 is 44.6 Å². The molecule has 0 aliphatic carbocycles. The second-order valence-electron chi connectivity index (χ2n) is 22.2. The van der Waals surface area contributed by atoms with Gasteiger partial charge in [-0.1, -0.05) is 165 Å². The van der Waals surface area contributed by atoms with Crippen molar-refractivity contribution < 1.29 is 4.74 Å². The van der Waals surface area contributed by atoms with Crippen LogP contribution in [0.25, 0.3) is 61.0 Å². The lowest BCUT2D eigenvalue weighted by molar-refractivity contribution is 0.483. The number of rotatable bonds is 8. The van der Waals surface area contributed by atoms with Gasteiger partial charge in [0, 0.05) is 40.5 Å². The Hall–Kier alpha value is -7.89. The van der Waals surface area contributed by atoms with E-state index in [9.17, 15) is 0 Å². The molecule has 352 valence electrons. The number of aromatic nitrogens is 2. The molecule has 1 aliphatic rings. The van der Waals surface area contributed by atoms with Gasteiger partial charge in [-0.05, 0) is 145 Å². The van der Waals surface area contributed by atoms with Gasteiger partial charge in [0.1, 0.15) is 24.0 Å². The van der Waals surface area contributed by atoms with Gasteiger partial charge in [-0.15, -0.1) is 0 Å². The Balaban J connectivity index is 0.984. The molecule has 0 spiro atoms. The summed E-state index contributed by atoms with van der Waals surface area (Å²) in [4.78, 5) is 9.98. The molecule has 5 nitrogen and oxygen atoms in total. The molecular formula is C66H62N4O. The van der Waals surface area contributed by atoms with Crippen LogP contribution in [-0.2, 0) is 16.2 Å². The van der Waals surface area contributed by atoms with Gasteiger partial charge in [0.15, 0.2) is 0 Å². The van der Waals surface area contributed by atoms with E-state index in [0.717, 1.165) is 50.4 Å². The predicted octanol–water partition coefficient (Wildman–Crippen LogP) is 18.1. The maximum Gasteiger partial charge on any atom is 0.138 e. The van der Waals surface area contributed by atoms with Crippen molar-refractivity contribution in [1.29, 1.82) is 0 Å². The molecule has 0 atom stereocenters. The van der Waals surface area contributed by atoms with E-state index in [2.05, 4.69) is 271 Å². The minimum atomic E-state index is -0.0598. The number of nitrogens with zero attached hydrogens (tertiary/aromatic N) is 4. The summed E-state index contributed by atoms with van der Waals surface area (Å²) in [6.45, 7) is 21.4. The van der Waals surface area contributed by atoms with Gasteiger partial charge in [-0.3, -0.25) is 4.57 Å². The van der Waals surface area contributed by atoms with Crippen molar-refractivity contribution in [2.24, 2.45) is 0 Å². The molecule has 11 rings (SSSR count). The lowest BCUT2D eigenvalue weighted by Gasteiger charge is -2.29. The first-order chi connectivity index (χ1) is 34.1. The van der Waals surface area contributed by atoms with Crippen LogP contribution in [0, 0.1) is 0 Å². The van der Waals surface area contributed by atoms with E-state index in [-0.39, 0.29) is 16.2 Å². The Morgan fingerprint density at radius 2 is 0.944 bits per heavy atom. The molecule has 0 fully saturated rings. The number of para-hydroxylation sites is 3. The Labute approximate surface area is 419 Å². The summed E-state index contributed by atoms with van der Waals surface area (Å²) in [6.07, 6.45) is 1.96. The van der Waals surface area contributed by atoms with Crippen LogP contribution in [0.3, 0.4) is 0 Å². The van der Waals surface area contributed by atoms with Gasteiger partial charge in [0.25, 0.3) is 0 Å². The lowest BCUT2D eigenvalue weighted by Crippen LogP contribution is -2.25. The van der Waals surface area contributed by atoms with E-state index in [0.29, 0.717) is 6.67 Å². The first kappa shape index (κ1) is 45.5. The van der Waals surface area contributed by atoms with Gasteiger partial charge in [0.2, 0.25) is 0 Å². The van der Waals surface area contributed by atoms with Crippen molar-refractivity contribution in [3.8, 4) is 50.7 Å². The highest BCUT2D eigenvalue weighted by Crippen LogP contribution is 2.48. The minimum absolute atomic E-state index is 0.0106. The minimum Gasteiger partial charge on any atom is -0.457 e. The van der Waals surface area contributed by atoms with Crippen LogP contribution >= 0.6 is 0 Å². The van der Waals surface area contributed by atoms with E-state index in [1.165, 1.54) is 61.6 Å². The number of anilines is 4. The van der Waals surface area contributed by atoms with Crippen molar-refractivity contribution in [2.45, 2.75) is 78.6 Å². The molecule has 71 heavy (non-hydrogen) atoms. The van der Waals surface area contributed by atoms with E-state index < -0.39 is 0 Å². The molecule has 0 N–H and O–H groups in total. The van der Waals surface area contributed by atoms with Crippen molar-refractivity contribution in [3.63, 3.8) is 0 Å². The average Bonchev–Trinajstić information content (AvgIpc) is 3.92. The highest BCUT2D eigenvalue weighted by molar-refractivity contribution is 6.09. The summed E-state index contributed by atoms with van der Waals surface area (Å²) >= 11 is 0. The number of hydrogen-bond donors (Lipinski definition) is 0. The Morgan fingerprint density at radius 3 is 1.56 bits per heavy atom. The third kappa shape index (κ3) is 8.65. The van der Waals surface area contributed by atoms with Gasteiger partial charge in [0.05, 0.1) is 22.4 Å². The molecule has 0 saturated heterocycles. The standard InChI is InChI=1S/C66H62N4O/c1-64(2,3)47-36-48(65(4,5)6)38-51(37-47)69-43-68(59-29-18-19-30-60(59)69)50-25-20-26-52(41-50)71-53-31-32-55-54-27-16-17-28-58(54)70(61(55)42-53)62-35-46(33-34-67-62)63-56(44-21-12-10-13-22-44)39-49(66(7,8)9)40-57(63)45-23-14-11-15-24-45/h10-42H,43H2,1-9H3. The molecule has 8 aromatic carbocycles. The normalized spacial score (nSPS) is 13.0. The van der Waals surface area contributed by atoms with Crippen LogP contribution in [-0.4, -0.2) is 16.2 Å². The van der Waals surface area contributed by atoms with Crippen LogP contribution in [0.15, 0.2) is 200 Å². The molecule has 1 aliphatic heterocycles. The summed E-state index contributed by atoms with van der Waals surface area (Å²) in [5.74, 6) is 2.36. The number of pyridine rings is 1. The number of hydrogen-bond acceptors (Lipinski definition) is 4. The molecule has 0 radical (unpaired) electrons. The Bertz CT molecular complexity index is 3510. The highest BCUT2D eigenvalue weighted by atomic mass is 16.5. The third-order valence-corrected chi connectivity index (χ3v) is 14.2. The largest absolute Gasteiger partial charge is 0.457 e. The fraction of sp³-hybridized carbons (Fsp3) is 0.197. The molecule has 3 heterocycles. The molecular weight excluding hydrogens is 865 g/mol. The second-order valence-corrected chi connectivity index (χ2v) is 22.2. The van der Waals surface area contributed by atoms with Gasteiger partial charge in [-0.2, -0.15) is 0 Å². The topological polar surface area (TPSA) is 33.5 Å². The van der Waals surface area contributed by atoms with Gasteiger partial charge in [-0.25, -0.2) is 4.98 Å². The van der Waals surface area contributed by atoms with E-state index in [4.69, 9.17) is 9.72 Å². The Kier molecular flexibility index (Phi) is 11.2. The zero-order chi connectivity index (χ0) is 49.2. The molecule has 0 saturated carbocycles. The molecule has 0 unspecified atom stereocenters. The summed E-state index contributed by atoms with van der Waals surface area (Å²) in [6, 6.07) is 70.2. The second kappa shape index (κ2) is 17.5. The summed E-state index contributed by atoms with van der Waals surface area (Å²) in [7, 11) is 0. The van der Waals surface area contributed by atoms with Crippen LogP contribution in [0.1, 0.15) is 79.0 Å². The quantitative estimate of drug-likeness (QED) is 0.152. The van der Waals surface area contributed by atoms with Gasteiger partial charge < -0.3 is 14.5 Å². The number of ether oxygens (including phenoxy) is 1. The zero-order valence-corrected chi connectivity index (χ0v) is 42.5. The van der Waals surface area contributed by atoms with Crippen molar-refractivity contribution in [1.82, 2.24) is 9.55 Å². The van der Waals surface area contributed by atoms with E-state index in [1.54, 1.807) is 0 Å². The predicted molar refractivity (Wildman–Crippen MR) is 300 cm³/mol. The SMILES string of the molecule is CC(C)(C)c1cc(N2CN(c3cccc(Oc4ccc5c6ccccc6n(-c6cc(-c7c(-c8ccccc8)cc(C(C)(C)C)cc7-c7ccccc7)ccn6)c5c4)c3)c3ccccc32)cc(C(C)(C)C)c1. The van der Waals surface area contributed by atoms with Crippen LogP contribution < -0.4 is 14.5 Å². The number of fused-ring (bicyclic) bond motifs is 4. The van der Waals surface area contributed by atoms with E-state index >= 15 is 0 Å². The molecule has 0 amide bonds. The molecule has 5 heteroatoms. The first-order valence-electron chi connectivity index (χ1n) is 25.0. The summed E-state index contributed by atoms with van der Waals surface area (Å²) < 4.78 is 9.16. The Morgan fingerprint density at radius 1 is 0.408 bits per heavy atom. The zero-order valence-electron chi connectivity index (χ0n) is 42.5. The van der Waals surface area contributed by atoms with E-state index in [1.807, 2.05) is 6.20 Å². The first-order valence-corrected chi connectivity index (χ1v) is 25.0. The van der Waals surface area contributed by atoms with Gasteiger partial charge >= 0.3 is 0 Å². The molecule has 0 bridgehead atoms. The smallest absolute Gasteiger partial charge is 0.138 e. The van der Waals surface area contributed by atoms with Crippen molar-refractivity contribution in [3.05, 3.63) is 217 Å². The maximum absolute atomic E-state index is 6.87. The van der Waals surface area contributed by atoms with Crippen LogP contribution in [0.4, 0.5) is 22.7 Å². The fourth-order valence-corrected chi connectivity index (χ4v) is 10.2. The fourth-order valence-electron chi connectivity index (χ4n) is 10.2. The third-order valence-electron chi connectivity index (χ3n) is 14.2. The number of benzene rings is 8. The summed E-state index contributed by atoms with van der Waals surface area (Å²) in [5.41, 5.74) is 17.7. The average molecular weight is 927 g/mol. The van der Waals surface area contributed by atoms with Crippen LogP contribution in [0.5, 0.6) is 11.5 Å². The highest BCUT2D eigenvalue weighted by Gasteiger charge is 2.31.